The second-order valence-electron chi connectivity index (χ2n) is 8.06. The first-order valence-corrected chi connectivity index (χ1v) is 10.3. The van der Waals surface area contributed by atoms with Crippen molar-refractivity contribution in [1.29, 1.82) is 0 Å². The summed E-state index contributed by atoms with van der Waals surface area (Å²) in [5.74, 6) is -4.50. The average Bonchev–Trinajstić information content (AvgIpc) is 3.35. The SMILES string of the molecule is CN1C(=O)c2ccccc2C(C(=O)NC(=O)c2ccco2)C1c1cc(C(F)(F)F)cc(C(F)(F)F)c1. The van der Waals surface area contributed by atoms with E-state index in [2.05, 4.69) is 5.32 Å². The number of carbonyl (C=O) groups is 3. The third-order valence-corrected chi connectivity index (χ3v) is 5.80. The third-order valence-electron chi connectivity index (χ3n) is 5.80. The molecule has 1 aromatic heterocycles. The van der Waals surface area contributed by atoms with Gasteiger partial charge in [0.1, 0.15) is 0 Å². The van der Waals surface area contributed by atoms with E-state index in [1.165, 1.54) is 42.7 Å². The number of likely N-dealkylation sites (N-methyl/N-ethyl adjacent to an activating group) is 1. The van der Waals surface area contributed by atoms with Crippen molar-refractivity contribution in [3.05, 3.63) is 94.4 Å². The summed E-state index contributed by atoms with van der Waals surface area (Å²) in [5, 5.41) is 2.06. The van der Waals surface area contributed by atoms with Gasteiger partial charge in [-0.25, -0.2) is 0 Å². The fraction of sp³-hybridized carbons (Fsp3) is 0.208. The van der Waals surface area contributed by atoms with Crippen molar-refractivity contribution >= 4 is 17.7 Å². The fourth-order valence-corrected chi connectivity index (χ4v) is 4.18. The van der Waals surface area contributed by atoms with Crippen molar-refractivity contribution in [2.75, 3.05) is 7.05 Å². The molecule has 0 fully saturated rings. The van der Waals surface area contributed by atoms with Crippen molar-refractivity contribution < 1.29 is 45.1 Å². The van der Waals surface area contributed by atoms with Crippen molar-refractivity contribution in [3.63, 3.8) is 0 Å². The lowest BCUT2D eigenvalue weighted by atomic mass is 9.78. The first kappa shape index (κ1) is 25.0. The lowest BCUT2D eigenvalue weighted by Gasteiger charge is -2.40. The maximum absolute atomic E-state index is 13.5. The molecule has 36 heavy (non-hydrogen) atoms. The number of nitrogens with one attached hydrogen (secondary N) is 1. The van der Waals surface area contributed by atoms with Gasteiger partial charge in [0.2, 0.25) is 5.91 Å². The van der Waals surface area contributed by atoms with Crippen LogP contribution in [0.15, 0.2) is 65.3 Å². The Balaban J connectivity index is 1.89. The summed E-state index contributed by atoms with van der Waals surface area (Å²) in [5.41, 5.74) is -3.71. The first-order chi connectivity index (χ1) is 16.8. The van der Waals surface area contributed by atoms with E-state index in [0.717, 1.165) is 11.9 Å². The van der Waals surface area contributed by atoms with E-state index >= 15 is 0 Å². The number of hydrogen-bond acceptors (Lipinski definition) is 4. The molecule has 2 aromatic carbocycles. The second-order valence-corrected chi connectivity index (χ2v) is 8.06. The minimum absolute atomic E-state index is 0.0184. The second kappa shape index (κ2) is 8.85. The first-order valence-electron chi connectivity index (χ1n) is 10.3. The van der Waals surface area contributed by atoms with E-state index in [0.29, 0.717) is 12.1 Å². The molecule has 188 valence electrons. The highest BCUT2D eigenvalue weighted by Gasteiger charge is 2.45. The van der Waals surface area contributed by atoms with Crippen LogP contribution >= 0.6 is 0 Å². The van der Waals surface area contributed by atoms with Gasteiger partial charge in [-0.05, 0) is 47.5 Å². The zero-order valence-electron chi connectivity index (χ0n) is 18.3. The molecule has 0 spiro atoms. The Morgan fingerprint density at radius 1 is 0.917 bits per heavy atom. The van der Waals surface area contributed by atoms with Crippen molar-refractivity contribution in [1.82, 2.24) is 10.2 Å². The molecule has 4 rings (SSSR count). The molecule has 0 radical (unpaired) electrons. The van der Waals surface area contributed by atoms with Crippen LogP contribution in [0.3, 0.4) is 0 Å². The molecular weight excluding hydrogens is 494 g/mol. The highest BCUT2D eigenvalue weighted by molar-refractivity contribution is 6.07. The van der Waals surface area contributed by atoms with Gasteiger partial charge in [0.15, 0.2) is 5.76 Å². The van der Waals surface area contributed by atoms with Crippen LogP contribution in [0.25, 0.3) is 0 Å². The topological polar surface area (TPSA) is 79.6 Å². The Morgan fingerprint density at radius 2 is 1.53 bits per heavy atom. The molecule has 0 saturated carbocycles. The van der Waals surface area contributed by atoms with Crippen LogP contribution in [0.4, 0.5) is 26.3 Å². The smallest absolute Gasteiger partial charge is 0.416 e. The minimum atomic E-state index is -5.14. The maximum atomic E-state index is 13.5. The Bertz CT molecular complexity index is 1300. The van der Waals surface area contributed by atoms with E-state index in [9.17, 15) is 40.7 Å². The Morgan fingerprint density at radius 3 is 2.08 bits per heavy atom. The zero-order valence-corrected chi connectivity index (χ0v) is 18.3. The number of hydrogen-bond donors (Lipinski definition) is 1. The molecule has 2 atom stereocenters. The van der Waals surface area contributed by atoms with Crippen LogP contribution in [0, 0.1) is 0 Å². The highest BCUT2D eigenvalue weighted by Crippen LogP contribution is 2.45. The molecule has 2 heterocycles. The van der Waals surface area contributed by atoms with Gasteiger partial charge in [0.25, 0.3) is 11.8 Å². The molecule has 6 nitrogen and oxygen atoms in total. The normalized spacial score (nSPS) is 18.1. The van der Waals surface area contributed by atoms with Gasteiger partial charge in [-0.1, -0.05) is 18.2 Å². The van der Waals surface area contributed by atoms with E-state index in [4.69, 9.17) is 4.42 Å². The maximum Gasteiger partial charge on any atom is 0.416 e. The van der Waals surface area contributed by atoms with Gasteiger partial charge in [-0.2, -0.15) is 26.3 Å². The van der Waals surface area contributed by atoms with Crippen molar-refractivity contribution in [2.24, 2.45) is 0 Å². The van der Waals surface area contributed by atoms with Crippen LogP contribution in [0.2, 0.25) is 0 Å². The van der Waals surface area contributed by atoms with E-state index in [1.54, 1.807) is 0 Å². The number of carbonyl (C=O) groups excluding carboxylic acids is 3. The van der Waals surface area contributed by atoms with Gasteiger partial charge in [-0.15, -0.1) is 0 Å². The number of nitrogens with zero attached hydrogens (tertiary/aromatic N) is 1. The predicted molar refractivity (Wildman–Crippen MR) is 112 cm³/mol. The largest absolute Gasteiger partial charge is 0.459 e. The van der Waals surface area contributed by atoms with Gasteiger partial charge >= 0.3 is 12.4 Å². The summed E-state index contributed by atoms with van der Waals surface area (Å²) in [6, 6.07) is 7.59. The van der Waals surface area contributed by atoms with Crippen LogP contribution in [0.1, 0.15) is 55.1 Å². The molecule has 1 aliphatic heterocycles. The Hall–Kier alpha value is -4.09. The summed E-state index contributed by atoms with van der Waals surface area (Å²) < 4.78 is 86.0. The van der Waals surface area contributed by atoms with Crippen molar-refractivity contribution in [2.45, 2.75) is 24.3 Å². The molecule has 2 unspecified atom stereocenters. The van der Waals surface area contributed by atoms with E-state index < -0.39 is 58.7 Å². The number of amides is 3. The lowest BCUT2D eigenvalue weighted by molar-refractivity contribution is -0.143. The number of alkyl halides is 6. The van der Waals surface area contributed by atoms with E-state index in [-0.39, 0.29) is 23.0 Å². The number of halogens is 6. The lowest BCUT2D eigenvalue weighted by Crippen LogP contribution is -2.46. The average molecular weight is 510 g/mol. The standard InChI is InChI=1S/C24H16F6N2O4/c1-32-19(12-9-13(23(25,26)27)11-14(10-12)24(28,29)30)18(15-5-2-3-6-16(15)22(32)35)21(34)31-20(33)17-7-4-8-36-17/h2-11,18-19H,1H3,(H,31,33,34). The summed E-state index contributed by atoms with van der Waals surface area (Å²) in [6.45, 7) is 0. The number of furan rings is 1. The quantitative estimate of drug-likeness (QED) is 0.389. The summed E-state index contributed by atoms with van der Waals surface area (Å²) in [6.07, 6.45) is -9.11. The number of rotatable bonds is 3. The molecule has 3 amide bonds. The zero-order chi connectivity index (χ0) is 26.4. The molecule has 3 aromatic rings. The van der Waals surface area contributed by atoms with Crippen LogP contribution in [-0.2, 0) is 17.1 Å². The van der Waals surface area contributed by atoms with Crippen LogP contribution in [0.5, 0.6) is 0 Å². The molecule has 0 aliphatic carbocycles. The third kappa shape index (κ3) is 4.58. The van der Waals surface area contributed by atoms with Gasteiger partial charge < -0.3 is 9.32 Å². The molecule has 1 N–H and O–H groups in total. The number of imide groups is 1. The molecule has 0 saturated heterocycles. The highest BCUT2D eigenvalue weighted by atomic mass is 19.4. The molecule has 1 aliphatic rings. The Kier molecular flexibility index (Phi) is 6.15. The monoisotopic (exact) mass is 510 g/mol. The number of fused-ring (bicyclic) bond motifs is 1. The van der Waals surface area contributed by atoms with Gasteiger partial charge in [0, 0.05) is 12.6 Å². The van der Waals surface area contributed by atoms with Crippen LogP contribution < -0.4 is 5.32 Å². The van der Waals surface area contributed by atoms with Gasteiger partial charge in [0.05, 0.1) is 29.3 Å². The van der Waals surface area contributed by atoms with Gasteiger partial charge in [-0.3, -0.25) is 19.7 Å². The molecule has 0 bridgehead atoms. The predicted octanol–water partition coefficient (Wildman–Crippen LogP) is 5.18. The summed E-state index contributed by atoms with van der Waals surface area (Å²) in [7, 11) is 1.16. The van der Waals surface area contributed by atoms with Crippen LogP contribution in [-0.4, -0.2) is 29.7 Å². The fourth-order valence-electron chi connectivity index (χ4n) is 4.18. The summed E-state index contributed by atoms with van der Waals surface area (Å²) in [4.78, 5) is 39.6. The van der Waals surface area contributed by atoms with E-state index in [1.807, 2.05) is 0 Å². The summed E-state index contributed by atoms with van der Waals surface area (Å²) >= 11 is 0. The molecular formula is C24H16F6N2O4. The number of benzene rings is 2. The minimum Gasteiger partial charge on any atom is -0.459 e. The molecule has 12 heteroatoms. The Labute approximate surface area is 199 Å². The van der Waals surface area contributed by atoms with Crippen molar-refractivity contribution in [3.8, 4) is 0 Å².